The number of carbonyl (C=O) groups is 1. The summed E-state index contributed by atoms with van der Waals surface area (Å²) in [7, 11) is 0. The van der Waals surface area contributed by atoms with Gasteiger partial charge in [-0.2, -0.15) is 0 Å². The molecule has 120 valence electrons. The number of anilines is 1. The molecule has 1 saturated heterocycles. The number of para-hydroxylation sites is 1. The Morgan fingerprint density at radius 1 is 1.09 bits per heavy atom. The fraction of sp³-hybridized carbons (Fsp3) is 0.316. The molecule has 2 aromatic carbocycles. The van der Waals surface area contributed by atoms with Gasteiger partial charge >= 0.3 is 5.97 Å². The topological polar surface area (TPSA) is 38.8 Å². The number of esters is 1. The molecule has 0 saturated carbocycles. The van der Waals surface area contributed by atoms with E-state index in [1.54, 1.807) is 0 Å². The molecule has 4 nitrogen and oxygen atoms in total. The summed E-state index contributed by atoms with van der Waals surface area (Å²) in [4.78, 5) is 18.3. The second-order valence-corrected chi connectivity index (χ2v) is 5.90. The largest absolute Gasteiger partial charge is 0.463 e. The van der Waals surface area contributed by atoms with Crippen LogP contribution in [0.3, 0.4) is 0 Å². The lowest BCUT2D eigenvalue weighted by Crippen LogP contribution is -2.30. The molecule has 4 heteroatoms. The average molecular weight is 311 g/mol. The fourth-order valence-corrected chi connectivity index (χ4v) is 2.84. The summed E-state index contributed by atoms with van der Waals surface area (Å²) < 4.78 is 5.42. The van der Waals surface area contributed by atoms with Crippen LogP contribution in [0.2, 0.25) is 0 Å². The van der Waals surface area contributed by atoms with Crippen molar-refractivity contribution >= 4 is 11.7 Å². The van der Waals surface area contributed by atoms with Crippen LogP contribution >= 0.6 is 0 Å². The number of hydroxylamine groups is 1. The van der Waals surface area contributed by atoms with E-state index in [2.05, 4.69) is 0 Å². The van der Waals surface area contributed by atoms with Gasteiger partial charge in [-0.3, -0.25) is 9.63 Å². The average Bonchev–Trinajstić information content (AvgIpc) is 3.01. The molecule has 2 atom stereocenters. The maximum absolute atomic E-state index is 12.5. The molecule has 0 aromatic heterocycles. The Morgan fingerprint density at radius 3 is 2.30 bits per heavy atom. The SMILES string of the molecule is CC(C)OC(=O)[C@@H]1CON(c2ccccc2)[C@H]1c1ccccc1. The molecule has 0 radical (unpaired) electrons. The normalized spacial score (nSPS) is 20.7. The van der Waals surface area contributed by atoms with Crippen molar-refractivity contribution in [3.05, 3.63) is 66.2 Å². The van der Waals surface area contributed by atoms with Crippen molar-refractivity contribution in [3.8, 4) is 0 Å². The summed E-state index contributed by atoms with van der Waals surface area (Å²) in [5.74, 6) is -0.563. The van der Waals surface area contributed by atoms with E-state index in [-0.39, 0.29) is 24.0 Å². The number of benzene rings is 2. The summed E-state index contributed by atoms with van der Waals surface area (Å²) in [6.07, 6.45) is -0.135. The van der Waals surface area contributed by atoms with E-state index < -0.39 is 0 Å². The van der Waals surface area contributed by atoms with Gasteiger partial charge in [0.1, 0.15) is 5.92 Å². The first-order chi connectivity index (χ1) is 11.2. The quantitative estimate of drug-likeness (QED) is 0.806. The minimum absolute atomic E-state index is 0.135. The molecule has 3 rings (SSSR count). The molecule has 1 aliphatic heterocycles. The molecule has 2 aromatic rings. The van der Waals surface area contributed by atoms with Gasteiger partial charge in [0, 0.05) is 0 Å². The smallest absolute Gasteiger partial charge is 0.314 e. The van der Waals surface area contributed by atoms with Crippen LogP contribution in [0.15, 0.2) is 60.7 Å². The lowest BCUT2D eigenvalue weighted by Gasteiger charge is -2.27. The van der Waals surface area contributed by atoms with Crippen LogP contribution in [-0.4, -0.2) is 18.7 Å². The zero-order valence-electron chi connectivity index (χ0n) is 13.4. The molecular weight excluding hydrogens is 290 g/mol. The molecule has 0 unspecified atom stereocenters. The van der Waals surface area contributed by atoms with Gasteiger partial charge in [0.15, 0.2) is 0 Å². The van der Waals surface area contributed by atoms with Crippen molar-refractivity contribution in [1.29, 1.82) is 0 Å². The molecule has 0 spiro atoms. The van der Waals surface area contributed by atoms with Gasteiger partial charge in [-0.05, 0) is 31.5 Å². The van der Waals surface area contributed by atoms with Crippen LogP contribution in [-0.2, 0) is 14.4 Å². The van der Waals surface area contributed by atoms with Crippen molar-refractivity contribution in [2.45, 2.75) is 26.0 Å². The second-order valence-electron chi connectivity index (χ2n) is 5.90. The summed E-state index contributed by atoms with van der Waals surface area (Å²) >= 11 is 0. The molecule has 1 heterocycles. The number of hydrogen-bond acceptors (Lipinski definition) is 4. The van der Waals surface area contributed by atoms with Crippen LogP contribution in [0.25, 0.3) is 0 Å². The number of rotatable bonds is 4. The van der Waals surface area contributed by atoms with E-state index in [4.69, 9.17) is 9.57 Å². The van der Waals surface area contributed by atoms with Crippen LogP contribution in [0.4, 0.5) is 5.69 Å². The number of ether oxygens (including phenoxy) is 1. The zero-order chi connectivity index (χ0) is 16.2. The highest BCUT2D eigenvalue weighted by atomic mass is 16.7. The highest BCUT2D eigenvalue weighted by Gasteiger charge is 2.42. The van der Waals surface area contributed by atoms with Crippen molar-refractivity contribution < 1.29 is 14.4 Å². The summed E-state index contributed by atoms with van der Waals surface area (Å²) in [6.45, 7) is 4.04. The van der Waals surface area contributed by atoms with Crippen LogP contribution in [0, 0.1) is 5.92 Å². The molecule has 0 aliphatic carbocycles. The molecule has 0 amide bonds. The molecule has 1 fully saturated rings. The molecule has 0 N–H and O–H groups in total. The summed E-state index contributed by atoms with van der Waals surface area (Å²) in [6, 6.07) is 19.6. The van der Waals surface area contributed by atoms with Crippen molar-refractivity contribution in [3.63, 3.8) is 0 Å². The van der Waals surface area contributed by atoms with E-state index in [0.29, 0.717) is 6.61 Å². The molecule has 0 bridgehead atoms. The van der Waals surface area contributed by atoms with Gasteiger partial charge in [0.2, 0.25) is 0 Å². The van der Waals surface area contributed by atoms with Gasteiger partial charge < -0.3 is 4.74 Å². The lowest BCUT2D eigenvalue weighted by molar-refractivity contribution is -0.152. The number of carbonyl (C=O) groups excluding carboxylic acids is 1. The Balaban J connectivity index is 1.94. The number of hydrogen-bond donors (Lipinski definition) is 0. The van der Waals surface area contributed by atoms with Gasteiger partial charge in [0.25, 0.3) is 0 Å². The first-order valence-corrected chi connectivity index (χ1v) is 7.89. The minimum Gasteiger partial charge on any atom is -0.463 e. The summed E-state index contributed by atoms with van der Waals surface area (Å²) in [5, 5.41) is 1.82. The van der Waals surface area contributed by atoms with Gasteiger partial charge in [-0.25, -0.2) is 5.06 Å². The highest BCUT2D eigenvalue weighted by molar-refractivity contribution is 5.75. The monoisotopic (exact) mass is 311 g/mol. The van der Waals surface area contributed by atoms with E-state index in [0.717, 1.165) is 11.3 Å². The van der Waals surface area contributed by atoms with Gasteiger partial charge in [0.05, 0.1) is 24.4 Å². The van der Waals surface area contributed by atoms with Crippen LogP contribution in [0.1, 0.15) is 25.5 Å². The summed E-state index contributed by atoms with van der Waals surface area (Å²) in [5.41, 5.74) is 1.97. The Bertz CT molecular complexity index is 642. The Hall–Kier alpha value is -2.33. The molecule has 23 heavy (non-hydrogen) atoms. The Labute approximate surface area is 136 Å². The maximum atomic E-state index is 12.5. The van der Waals surface area contributed by atoms with E-state index >= 15 is 0 Å². The standard InChI is InChI=1S/C19H21NO3/c1-14(2)23-19(21)17-13-22-20(16-11-7-4-8-12-16)18(17)15-9-5-3-6-10-15/h3-12,14,17-18H,13H2,1-2H3/t17-,18+/m1/s1. The third-order valence-electron chi connectivity index (χ3n) is 3.83. The highest BCUT2D eigenvalue weighted by Crippen LogP contribution is 2.39. The predicted octanol–water partition coefficient (Wildman–Crippen LogP) is 3.75. The van der Waals surface area contributed by atoms with E-state index in [1.807, 2.05) is 79.6 Å². The maximum Gasteiger partial charge on any atom is 0.314 e. The zero-order valence-corrected chi connectivity index (χ0v) is 13.4. The van der Waals surface area contributed by atoms with Gasteiger partial charge in [-0.1, -0.05) is 48.5 Å². The first kappa shape index (κ1) is 15.6. The van der Waals surface area contributed by atoms with Crippen molar-refractivity contribution in [2.75, 3.05) is 11.7 Å². The van der Waals surface area contributed by atoms with E-state index in [1.165, 1.54) is 0 Å². The molecule has 1 aliphatic rings. The third kappa shape index (κ3) is 3.37. The van der Waals surface area contributed by atoms with Crippen LogP contribution in [0.5, 0.6) is 0 Å². The first-order valence-electron chi connectivity index (χ1n) is 7.89. The Kier molecular flexibility index (Phi) is 4.63. The van der Waals surface area contributed by atoms with E-state index in [9.17, 15) is 4.79 Å². The predicted molar refractivity (Wildman–Crippen MR) is 88.8 cm³/mol. The Morgan fingerprint density at radius 2 is 1.70 bits per heavy atom. The minimum atomic E-state index is -0.347. The number of nitrogens with zero attached hydrogens (tertiary/aromatic N) is 1. The fourth-order valence-electron chi connectivity index (χ4n) is 2.84. The molecular formula is C19H21NO3. The van der Waals surface area contributed by atoms with Gasteiger partial charge in [-0.15, -0.1) is 0 Å². The lowest BCUT2D eigenvalue weighted by atomic mass is 9.94. The van der Waals surface area contributed by atoms with Crippen molar-refractivity contribution in [1.82, 2.24) is 0 Å². The third-order valence-corrected chi connectivity index (χ3v) is 3.83. The van der Waals surface area contributed by atoms with Crippen molar-refractivity contribution in [2.24, 2.45) is 5.92 Å². The van der Waals surface area contributed by atoms with Crippen LogP contribution < -0.4 is 5.06 Å². The second kappa shape index (κ2) is 6.84.